The number of thioether (sulfide) groups is 1. The summed E-state index contributed by atoms with van der Waals surface area (Å²) in [6.45, 7) is 8.15. The molecule has 0 unspecified atom stereocenters. The number of thiophene rings is 1. The summed E-state index contributed by atoms with van der Waals surface area (Å²) in [6.07, 6.45) is 1.58. The van der Waals surface area contributed by atoms with Gasteiger partial charge in [0.05, 0.1) is 18.4 Å². The fourth-order valence-corrected chi connectivity index (χ4v) is 4.32. The molecule has 0 aliphatic heterocycles. The van der Waals surface area contributed by atoms with E-state index < -0.39 is 5.97 Å². The van der Waals surface area contributed by atoms with Gasteiger partial charge in [0.15, 0.2) is 5.16 Å². The molecule has 0 atom stereocenters. The van der Waals surface area contributed by atoms with Gasteiger partial charge in [-0.1, -0.05) is 25.6 Å². The number of nitrogens with one attached hydrogen (secondary N) is 1. The molecule has 1 amide bonds. The molecule has 0 fully saturated rings. The molecule has 0 saturated carbocycles. The van der Waals surface area contributed by atoms with E-state index in [-0.39, 0.29) is 17.7 Å². The van der Waals surface area contributed by atoms with Gasteiger partial charge in [0.1, 0.15) is 10.8 Å². The van der Waals surface area contributed by atoms with Gasteiger partial charge in [-0.3, -0.25) is 4.79 Å². The van der Waals surface area contributed by atoms with Gasteiger partial charge < -0.3 is 14.6 Å². The summed E-state index contributed by atoms with van der Waals surface area (Å²) >= 11 is 2.73. The summed E-state index contributed by atoms with van der Waals surface area (Å²) in [5.41, 5.74) is 0.395. The predicted octanol–water partition coefficient (Wildman–Crippen LogP) is 3.56. The molecule has 9 heteroatoms. The lowest BCUT2D eigenvalue weighted by atomic mass is 10.2. The van der Waals surface area contributed by atoms with E-state index in [2.05, 4.69) is 29.4 Å². The molecule has 2 aromatic heterocycles. The third-order valence-corrected chi connectivity index (χ3v) is 5.83. The van der Waals surface area contributed by atoms with Crippen LogP contribution in [0.1, 0.15) is 54.8 Å². The number of aryl methyl sites for hydroxylation is 2. The van der Waals surface area contributed by atoms with E-state index in [0.29, 0.717) is 10.6 Å². The van der Waals surface area contributed by atoms with Crippen LogP contribution >= 0.6 is 23.1 Å². The largest absolute Gasteiger partial charge is 0.465 e. The van der Waals surface area contributed by atoms with Crippen molar-refractivity contribution < 1.29 is 14.3 Å². The Hall–Kier alpha value is -1.87. The van der Waals surface area contributed by atoms with Crippen molar-refractivity contribution in [3.63, 3.8) is 0 Å². The van der Waals surface area contributed by atoms with Crippen molar-refractivity contribution in [2.45, 2.75) is 51.7 Å². The summed E-state index contributed by atoms with van der Waals surface area (Å²) < 4.78 is 6.83. The third kappa shape index (κ3) is 4.64. The molecule has 2 rings (SSSR count). The SMILES string of the molecule is CCc1cc(C(=O)OC)c(NC(=O)CSc2nnc(CC)n2C(C)C)s1. The monoisotopic (exact) mass is 396 g/mol. The molecule has 142 valence electrons. The number of nitrogens with zero attached hydrogens (tertiary/aromatic N) is 3. The van der Waals surface area contributed by atoms with E-state index in [0.717, 1.165) is 28.7 Å². The second kappa shape index (κ2) is 9.18. The maximum absolute atomic E-state index is 12.4. The number of rotatable bonds is 8. The van der Waals surface area contributed by atoms with Crippen LogP contribution in [0.15, 0.2) is 11.2 Å². The zero-order valence-electron chi connectivity index (χ0n) is 15.7. The highest BCUT2D eigenvalue weighted by molar-refractivity contribution is 7.99. The quantitative estimate of drug-likeness (QED) is 0.542. The minimum absolute atomic E-state index is 0.189. The van der Waals surface area contributed by atoms with E-state index in [1.165, 1.54) is 30.2 Å². The molecule has 0 aliphatic carbocycles. The normalized spacial score (nSPS) is 11.0. The average Bonchev–Trinajstić information content (AvgIpc) is 3.22. The fraction of sp³-hybridized carbons (Fsp3) is 0.529. The molecule has 0 saturated heterocycles. The molecule has 0 bridgehead atoms. The molecule has 0 spiro atoms. The maximum Gasteiger partial charge on any atom is 0.340 e. The third-order valence-electron chi connectivity index (χ3n) is 3.69. The van der Waals surface area contributed by atoms with Crippen LogP contribution in [-0.2, 0) is 22.4 Å². The Morgan fingerprint density at radius 3 is 2.62 bits per heavy atom. The molecule has 1 N–H and O–H groups in total. The molecule has 2 heterocycles. The molecule has 0 radical (unpaired) electrons. The van der Waals surface area contributed by atoms with Crippen LogP contribution in [0.4, 0.5) is 5.00 Å². The Labute approximate surface area is 161 Å². The zero-order valence-corrected chi connectivity index (χ0v) is 17.3. The highest BCUT2D eigenvalue weighted by atomic mass is 32.2. The molecule has 26 heavy (non-hydrogen) atoms. The van der Waals surface area contributed by atoms with Crippen molar-refractivity contribution in [1.29, 1.82) is 0 Å². The highest BCUT2D eigenvalue weighted by Crippen LogP contribution is 2.30. The number of methoxy groups -OCH3 is 1. The minimum Gasteiger partial charge on any atom is -0.465 e. The Morgan fingerprint density at radius 1 is 1.31 bits per heavy atom. The van der Waals surface area contributed by atoms with Gasteiger partial charge in [-0.2, -0.15) is 0 Å². The van der Waals surface area contributed by atoms with Gasteiger partial charge in [0.2, 0.25) is 5.91 Å². The first-order valence-electron chi connectivity index (χ1n) is 8.48. The van der Waals surface area contributed by atoms with E-state index in [9.17, 15) is 9.59 Å². The number of carbonyl (C=O) groups excluding carboxylic acids is 2. The van der Waals surface area contributed by atoms with Crippen molar-refractivity contribution in [2.24, 2.45) is 0 Å². The minimum atomic E-state index is -0.448. The first kappa shape index (κ1) is 20.4. The maximum atomic E-state index is 12.4. The summed E-state index contributed by atoms with van der Waals surface area (Å²) in [4.78, 5) is 25.3. The number of hydrogen-bond donors (Lipinski definition) is 1. The first-order chi connectivity index (χ1) is 12.4. The number of aromatic nitrogens is 3. The number of esters is 1. The van der Waals surface area contributed by atoms with Crippen LogP contribution in [0, 0.1) is 0 Å². The van der Waals surface area contributed by atoms with Crippen LogP contribution in [0.25, 0.3) is 0 Å². The van der Waals surface area contributed by atoms with E-state index in [1.807, 2.05) is 18.4 Å². The smallest absolute Gasteiger partial charge is 0.340 e. The van der Waals surface area contributed by atoms with Crippen molar-refractivity contribution in [3.05, 3.63) is 22.3 Å². The lowest BCUT2D eigenvalue weighted by Gasteiger charge is -2.12. The number of anilines is 1. The fourth-order valence-electron chi connectivity index (χ4n) is 2.43. The van der Waals surface area contributed by atoms with Gasteiger partial charge >= 0.3 is 5.97 Å². The van der Waals surface area contributed by atoms with Crippen LogP contribution in [0.5, 0.6) is 0 Å². The lowest BCUT2D eigenvalue weighted by molar-refractivity contribution is -0.113. The van der Waals surface area contributed by atoms with Crippen molar-refractivity contribution in [1.82, 2.24) is 14.8 Å². The Bertz CT molecular complexity index is 783. The van der Waals surface area contributed by atoms with Gasteiger partial charge in [0.25, 0.3) is 0 Å². The summed E-state index contributed by atoms with van der Waals surface area (Å²) in [6, 6.07) is 1.99. The van der Waals surface area contributed by atoms with Gasteiger partial charge in [-0.05, 0) is 26.3 Å². The number of hydrogen-bond acceptors (Lipinski definition) is 7. The summed E-state index contributed by atoms with van der Waals surface area (Å²) in [5.74, 6) is 0.452. The molecular formula is C17H24N4O3S2. The molecule has 7 nitrogen and oxygen atoms in total. The van der Waals surface area contributed by atoms with E-state index in [1.54, 1.807) is 6.07 Å². The van der Waals surface area contributed by atoms with E-state index >= 15 is 0 Å². The lowest BCUT2D eigenvalue weighted by Crippen LogP contribution is -2.16. The first-order valence-corrected chi connectivity index (χ1v) is 10.3. The standard InChI is InChI=1S/C17H24N4O3S2/c1-6-11-8-12(16(23)24-5)15(26-11)18-14(22)9-25-17-20-19-13(7-2)21(17)10(3)4/h8,10H,6-7,9H2,1-5H3,(H,18,22). The highest BCUT2D eigenvalue weighted by Gasteiger charge is 2.19. The van der Waals surface area contributed by atoms with Crippen molar-refractivity contribution >= 4 is 40.0 Å². The second-order valence-electron chi connectivity index (χ2n) is 5.85. The Kier molecular flexibility index (Phi) is 7.22. The summed E-state index contributed by atoms with van der Waals surface area (Å²) in [5, 5.41) is 12.4. The Morgan fingerprint density at radius 2 is 2.04 bits per heavy atom. The number of ether oxygens (including phenoxy) is 1. The summed E-state index contributed by atoms with van der Waals surface area (Å²) in [7, 11) is 1.33. The van der Waals surface area contributed by atoms with Gasteiger partial charge in [-0.15, -0.1) is 21.5 Å². The van der Waals surface area contributed by atoms with E-state index in [4.69, 9.17) is 4.74 Å². The van der Waals surface area contributed by atoms with Crippen LogP contribution < -0.4 is 5.32 Å². The van der Waals surface area contributed by atoms with Gasteiger partial charge in [-0.25, -0.2) is 4.79 Å². The number of amides is 1. The zero-order chi connectivity index (χ0) is 19.3. The number of carbonyl (C=O) groups is 2. The van der Waals surface area contributed by atoms with Crippen LogP contribution in [-0.4, -0.2) is 39.5 Å². The Balaban J connectivity index is 2.07. The van der Waals surface area contributed by atoms with Crippen LogP contribution in [0.3, 0.4) is 0 Å². The van der Waals surface area contributed by atoms with Gasteiger partial charge in [0, 0.05) is 17.3 Å². The van der Waals surface area contributed by atoms with Crippen molar-refractivity contribution in [3.8, 4) is 0 Å². The average molecular weight is 397 g/mol. The van der Waals surface area contributed by atoms with Crippen molar-refractivity contribution in [2.75, 3.05) is 18.2 Å². The predicted molar refractivity (Wildman–Crippen MR) is 104 cm³/mol. The molecule has 2 aromatic rings. The molecule has 0 aromatic carbocycles. The van der Waals surface area contributed by atoms with Crippen LogP contribution in [0.2, 0.25) is 0 Å². The molecule has 0 aliphatic rings. The molecular weight excluding hydrogens is 372 g/mol. The second-order valence-corrected chi connectivity index (χ2v) is 7.93. The topological polar surface area (TPSA) is 86.1 Å².